The van der Waals surface area contributed by atoms with Crippen molar-refractivity contribution in [2.24, 2.45) is 0 Å². The van der Waals surface area contributed by atoms with E-state index in [-0.39, 0.29) is 0 Å². The Bertz CT molecular complexity index is 710. The van der Waals surface area contributed by atoms with Gasteiger partial charge in [-0.25, -0.2) is 4.98 Å². The number of nitrogens with zero attached hydrogens (tertiary/aromatic N) is 2. The Kier molecular flexibility index (Phi) is 2.37. The number of aromatic nitrogens is 2. The lowest BCUT2D eigenvalue weighted by Crippen LogP contribution is -1.89. The van der Waals surface area contributed by atoms with Crippen molar-refractivity contribution in [2.75, 3.05) is 7.11 Å². The minimum atomic E-state index is 0.678. The lowest BCUT2D eigenvalue weighted by Gasteiger charge is -2.05. The van der Waals surface area contributed by atoms with Gasteiger partial charge in [0.15, 0.2) is 11.7 Å². The van der Waals surface area contributed by atoms with Gasteiger partial charge in [-0.15, -0.1) is 0 Å². The van der Waals surface area contributed by atoms with Crippen LogP contribution in [-0.4, -0.2) is 16.5 Å². The van der Waals surface area contributed by atoms with Gasteiger partial charge in [0.2, 0.25) is 0 Å². The van der Waals surface area contributed by atoms with Crippen molar-refractivity contribution in [3.8, 4) is 17.1 Å². The number of hydrogen-bond acceptors (Lipinski definition) is 3. The van der Waals surface area contributed by atoms with E-state index in [2.05, 4.69) is 4.98 Å². The summed E-state index contributed by atoms with van der Waals surface area (Å²) < 4.78 is 13.1. The number of oxazole rings is 1. The number of rotatable bonds is 2. The molecule has 0 aromatic carbocycles. The molecule has 0 saturated heterocycles. The lowest BCUT2D eigenvalue weighted by molar-refractivity contribution is 0.418. The summed E-state index contributed by atoms with van der Waals surface area (Å²) in [7, 11) is 1.67. The van der Waals surface area contributed by atoms with E-state index < -0.39 is 0 Å². The van der Waals surface area contributed by atoms with E-state index >= 15 is 0 Å². The first kappa shape index (κ1) is 10.9. The molecule has 0 radical (unpaired) electrons. The summed E-state index contributed by atoms with van der Waals surface area (Å²) in [6, 6.07) is 5.91. The first-order valence-electron chi connectivity index (χ1n) is 5.79. The monoisotopic (exact) mass is 242 g/mol. The SMILES string of the molecule is COc1cccn2ccc(-c3oc(C)nc3C)c12. The number of methoxy groups -OCH3 is 1. The Morgan fingerprint density at radius 2 is 2.06 bits per heavy atom. The van der Waals surface area contributed by atoms with Crippen LogP contribution in [0.25, 0.3) is 16.8 Å². The molecule has 4 heteroatoms. The van der Waals surface area contributed by atoms with Crippen LogP contribution >= 0.6 is 0 Å². The first-order valence-corrected chi connectivity index (χ1v) is 5.79. The highest BCUT2D eigenvalue weighted by Crippen LogP contribution is 2.34. The molecule has 0 atom stereocenters. The first-order chi connectivity index (χ1) is 8.70. The molecule has 3 heterocycles. The van der Waals surface area contributed by atoms with E-state index in [4.69, 9.17) is 9.15 Å². The number of aryl methyl sites for hydroxylation is 2. The summed E-state index contributed by atoms with van der Waals surface area (Å²) in [5, 5.41) is 0. The Morgan fingerprint density at radius 3 is 2.72 bits per heavy atom. The van der Waals surface area contributed by atoms with E-state index in [0.717, 1.165) is 28.3 Å². The van der Waals surface area contributed by atoms with Crippen LogP contribution < -0.4 is 4.74 Å². The molecular weight excluding hydrogens is 228 g/mol. The maximum atomic E-state index is 5.69. The number of fused-ring (bicyclic) bond motifs is 1. The predicted octanol–water partition coefficient (Wildman–Crippen LogP) is 3.22. The van der Waals surface area contributed by atoms with E-state index in [0.29, 0.717) is 5.89 Å². The molecule has 0 aliphatic rings. The zero-order chi connectivity index (χ0) is 12.7. The van der Waals surface area contributed by atoms with Crippen molar-refractivity contribution in [3.05, 3.63) is 42.2 Å². The van der Waals surface area contributed by atoms with E-state index in [1.807, 2.05) is 48.8 Å². The third kappa shape index (κ3) is 1.49. The second-order valence-corrected chi connectivity index (χ2v) is 4.21. The zero-order valence-electron chi connectivity index (χ0n) is 10.6. The predicted molar refractivity (Wildman–Crippen MR) is 68.9 cm³/mol. The van der Waals surface area contributed by atoms with Crippen LogP contribution in [0.2, 0.25) is 0 Å². The van der Waals surface area contributed by atoms with Gasteiger partial charge >= 0.3 is 0 Å². The molecule has 3 aromatic heterocycles. The molecule has 0 spiro atoms. The van der Waals surface area contributed by atoms with Crippen molar-refractivity contribution in [3.63, 3.8) is 0 Å². The van der Waals surface area contributed by atoms with Gasteiger partial charge in [0.25, 0.3) is 0 Å². The standard InChI is InChI=1S/C14H14N2O2/c1-9-14(18-10(2)15-9)11-6-8-16-7-4-5-12(17-3)13(11)16/h4-8H,1-3H3. The molecule has 4 nitrogen and oxygen atoms in total. The van der Waals surface area contributed by atoms with Crippen LogP contribution in [0.1, 0.15) is 11.6 Å². The van der Waals surface area contributed by atoms with Crippen molar-refractivity contribution >= 4 is 5.52 Å². The summed E-state index contributed by atoms with van der Waals surface area (Å²) >= 11 is 0. The molecule has 0 fully saturated rings. The molecule has 0 aliphatic heterocycles. The highest BCUT2D eigenvalue weighted by Gasteiger charge is 2.16. The van der Waals surface area contributed by atoms with Crippen LogP contribution in [-0.2, 0) is 0 Å². The van der Waals surface area contributed by atoms with Gasteiger partial charge in [0.1, 0.15) is 5.75 Å². The minimum Gasteiger partial charge on any atom is -0.495 e. The normalized spacial score (nSPS) is 11.1. The van der Waals surface area contributed by atoms with Crippen molar-refractivity contribution in [2.45, 2.75) is 13.8 Å². The number of hydrogen-bond donors (Lipinski definition) is 0. The van der Waals surface area contributed by atoms with Crippen LogP contribution in [0.15, 0.2) is 35.0 Å². The van der Waals surface area contributed by atoms with Gasteiger partial charge in [-0.1, -0.05) is 0 Å². The van der Waals surface area contributed by atoms with Gasteiger partial charge < -0.3 is 13.6 Å². The van der Waals surface area contributed by atoms with Gasteiger partial charge in [0, 0.05) is 24.9 Å². The van der Waals surface area contributed by atoms with Crippen LogP contribution in [0, 0.1) is 13.8 Å². The fourth-order valence-corrected chi connectivity index (χ4v) is 2.26. The molecule has 0 aliphatic carbocycles. The third-order valence-corrected chi connectivity index (χ3v) is 3.01. The molecule has 3 aromatic rings. The molecule has 92 valence electrons. The second kappa shape index (κ2) is 3.91. The fourth-order valence-electron chi connectivity index (χ4n) is 2.26. The quantitative estimate of drug-likeness (QED) is 0.692. The van der Waals surface area contributed by atoms with Crippen molar-refractivity contribution in [1.29, 1.82) is 0 Å². The van der Waals surface area contributed by atoms with Gasteiger partial charge in [-0.2, -0.15) is 0 Å². The Balaban J connectivity index is 2.33. The average Bonchev–Trinajstić information content (AvgIpc) is 2.92. The fraction of sp³-hybridized carbons (Fsp3) is 0.214. The average molecular weight is 242 g/mol. The van der Waals surface area contributed by atoms with Gasteiger partial charge in [0.05, 0.1) is 18.3 Å². The largest absolute Gasteiger partial charge is 0.495 e. The van der Waals surface area contributed by atoms with E-state index in [9.17, 15) is 0 Å². The van der Waals surface area contributed by atoms with E-state index in [1.165, 1.54) is 0 Å². The highest BCUT2D eigenvalue weighted by molar-refractivity contribution is 5.84. The van der Waals surface area contributed by atoms with Crippen LogP contribution in [0.4, 0.5) is 0 Å². The Hall–Kier alpha value is -2.23. The molecule has 18 heavy (non-hydrogen) atoms. The van der Waals surface area contributed by atoms with Gasteiger partial charge in [-0.3, -0.25) is 0 Å². The summed E-state index contributed by atoms with van der Waals surface area (Å²) in [4.78, 5) is 4.31. The number of pyridine rings is 1. The Morgan fingerprint density at radius 1 is 1.22 bits per heavy atom. The van der Waals surface area contributed by atoms with Crippen LogP contribution in [0.3, 0.4) is 0 Å². The zero-order valence-corrected chi connectivity index (χ0v) is 10.6. The molecule has 0 unspecified atom stereocenters. The maximum Gasteiger partial charge on any atom is 0.192 e. The smallest absolute Gasteiger partial charge is 0.192 e. The highest BCUT2D eigenvalue weighted by atomic mass is 16.5. The second-order valence-electron chi connectivity index (χ2n) is 4.21. The summed E-state index contributed by atoms with van der Waals surface area (Å²) in [5.74, 6) is 2.31. The molecule has 0 bridgehead atoms. The summed E-state index contributed by atoms with van der Waals surface area (Å²) in [6.07, 6.45) is 3.98. The maximum absolute atomic E-state index is 5.69. The molecule has 3 rings (SSSR count). The summed E-state index contributed by atoms with van der Waals surface area (Å²) in [6.45, 7) is 3.80. The van der Waals surface area contributed by atoms with Crippen LogP contribution in [0.5, 0.6) is 5.75 Å². The third-order valence-electron chi connectivity index (χ3n) is 3.01. The van der Waals surface area contributed by atoms with Gasteiger partial charge in [-0.05, 0) is 25.1 Å². The topological polar surface area (TPSA) is 39.7 Å². The van der Waals surface area contributed by atoms with E-state index in [1.54, 1.807) is 7.11 Å². The number of ether oxygens (including phenoxy) is 1. The molecular formula is C14H14N2O2. The van der Waals surface area contributed by atoms with Crippen molar-refractivity contribution < 1.29 is 9.15 Å². The molecule has 0 N–H and O–H groups in total. The minimum absolute atomic E-state index is 0.678. The summed E-state index contributed by atoms with van der Waals surface area (Å²) in [5.41, 5.74) is 2.90. The molecule has 0 saturated carbocycles. The molecule has 0 amide bonds. The lowest BCUT2D eigenvalue weighted by atomic mass is 10.1. The Labute approximate surface area is 105 Å². The van der Waals surface area contributed by atoms with Crippen molar-refractivity contribution in [1.82, 2.24) is 9.38 Å².